The van der Waals surface area contributed by atoms with Gasteiger partial charge in [-0.15, -0.1) is 0 Å². The molecule has 1 unspecified atom stereocenters. The first-order valence-corrected chi connectivity index (χ1v) is 8.63. The molecule has 1 amide bonds. The maximum absolute atomic E-state index is 13.1. The van der Waals surface area contributed by atoms with Crippen molar-refractivity contribution >= 4 is 11.9 Å². The number of ether oxygens (including phenoxy) is 1. The molecule has 1 atom stereocenters. The van der Waals surface area contributed by atoms with Gasteiger partial charge in [0.15, 0.2) is 0 Å². The number of hydrogen-bond donors (Lipinski definition) is 1. The van der Waals surface area contributed by atoms with Gasteiger partial charge >= 0.3 is 5.97 Å². The summed E-state index contributed by atoms with van der Waals surface area (Å²) in [4.78, 5) is 26.6. The van der Waals surface area contributed by atoms with Gasteiger partial charge in [-0.3, -0.25) is 14.3 Å². The predicted molar refractivity (Wildman–Crippen MR) is 94.9 cm³/mol. The molecule has 1 aromatic heterocycles. The van der Waals surface area contributed by atoms with Crippen LogP contribution in [0.15, 0.2) is 42.7 Å². The van der Waals surface area contributed by atoms with Crippen molar-refractivity contribution in [2.75, 3.05) is 26.8 Å². The number of likely N-dealkylation sites (tertiary alicyclic amines) is 1. The summed E-state index contributed by atoms with van der Waals surface area (Å²) in [6.45, 7) is 1.30. The van der Waals surface area contributed by atoms with Crippen molar-refractivity contribution in [3.8, 4) is 0 Å². The number of benzene rings is 1. The van der Waals surface area contributed by atoms with E-state index in [1.165, 1.54) is 7.11 Å². The Morgan fingerprint density at radius 3 is 2.81 bits per heavy atom. The maximum Gasteiger partial charge on any atom is 0.313 e. The van der Waals surface area contributed by atoms with Crippen LogP contribution in [0.2, 0.25) is 0 Å². The number of rotatable bonds is 6. The summed E-state index contributed by atoms with van der Waals surface area (Å²) < 4.78 is 6.90. The van der Waals surface area contributed by atoms with Gasteiger partial charge in [0.2, 0.25) is 0 Å². The van der Waals surface area contributed by atoms with E-state index in [9.17, 15) is 14.7 Å². The zero-order valence-corrected chi connectivity index (χ0v) is 14.8. The van der Waals surface area contributed by atoms with Crippen molar-refractivity contribution in [3.63, 3.8) is 0 Å². The van der Waals surface area contributed by atoms with E-state index in [4.69, 9.17) is 4.74 Å². The van der Waals surface area contributed by atoms with E-state index in [2.05, 4.69) is 5.10 Å². The minimum atomic E-state index is -1.04. The Bertz CT molecular complexity index is 771. The van der Waals surface area contributed by atoms with Gasteiger partial charge in [-0.2, -0.15) is 5.10 Å². The van der Waals surface area contributed by atoms with Crippen molar-refractivity contribution in [2.45, 2.75) is 19.4 Å². The molecule has 2 heterocycles. The number of aliphatic carboxylic acids is 1. The highest BCUT2D eigenvalue weighted by molar-refractivity contribution is 5.96. The second kappa shape index (κ2) is 7.70. The Labute approximate surface area is 152 Å². The van der Waals surface area contributed by atoms with Crippen LogP contribution < -0.4 is 0 Å². The second-order valence-electron chi connectivity index (χ2n) is 6.71. The minimum Gasteiger partial charge on any atom is -0.481 e. The third kappa shape index (κ3) is 3.62. The standard InChI is InChI=1S/C19H23N3O4/c1-26-14-19(18(24)25)8-4-10-21(13-19)17(23)16-7-3-2-6-15(16)12-22-11-5-9-20-22/h2-3,5-7,9,11H,4,8,10,12-14H2,1H3,(H,24,25). The maximum atomic E-state index is 13.1. The van der Waals surface area contributed by atoms with Crippen LogP contribution in [-0.2, 0) is 16.1 Å². The van der Waals surface area contributed by atoms with Crippen LogP contribution in [-0.4, -0.2) is 58.5 Å². The van der Waals surface area contributed by atoms with Crippen molar-refractivity contribution in [1.82, 2.24) is 14.7 Å². The summed E-state index contributed by atoms with van der Waals surface area (Å²) in [5.41, 5.74) is 0.403. The van der Waals surface area contributed by atoms with E-state index < -0.39 is 11.4 Å². The Morgan fingerprint density at radius 1 is 1.31 bits per heavy atom. The van der Waals surface area contributed by atoms with Crippen molar-refractivity contribution in [1.29, 1.82) is 0 Å². The van der Waals surface area contributed by atoms with Crippen LogP contribution in [0, 0.1) is 5.41 Å². The summed E-state index contributed by atoms with van der Waals surface area (Å²) >= 11 is 0. The van der Waals surface area contributed by atoms with Crippen LogP contribution in [0.4, 0.5) is 0 Å². The molecule has 0 aliphatic carbocycles. The molecule has 1 saturated heterocycles. The summed E-state index contributed by atoms with van der Waals surface area (Å²) in [5.74, 6) is -1.06. The van der Waals surface area contributed by atoms with E-state index in [0.717, 1.165) is 5.56 Å². The van der Waals surface area contributed by atoms with Gasteiger partial charge in [0.25, 0.3) is 5.91 Å². The molecule has 1 N–H and O–H groups in total. The van der Waals surface area contributed by atoms with Crippen LogP contribution in [0.3, 0.4) is 0 Å². The SMILES string of the molecule is COCC1(C(=O)O)CCCN(C(=O)c2ccccc2Cn2cccn2)C1. The Kier molecular flexibility index (Phi) is 5.37. The number of carboxylic acids is 1. The molecular weight excluding hydrogens is 334 g/mol. The number of carbonyl (C=O) groups excluding carboxylic acids is 1. The number of carbonyl (C=O) groups is 2. The first-order chi connectivity index (χ1) is 12.6. The number of piperidine rings is 1. The van der Waals surface area contributed by atoms with Crippen LogP contribution in [0.5, 0.6) is 0 Å². The molecule has 1 aromatic carbocycles. The van der Waals surface area contributed by atoms with Gasteiger partial charge < -0.3 is 14.7 Å². The lowest BCUT2D eigenvalue weighted by molar-refractivity contribution is -0.155. The average molecular weight is 357 g/mol. The van der Waals surface area contributed by atoms with Gasteiger partial charge in [0, 0.05) is 38.2 Å². The molecule has 7 nitrogen and oxygen atoms in total. The van der Waals surface area contributed by atoms with Crippen LogP contribution in [0.25, 0.3) is 0 Å². The summed E-state index contributed by atoms with van der Waals surface area (Å²) in [5, 5.41) is 13.9. The van der Waals surface area contributed by atoms with E-state index in [1.54, 1.807) is 21.8 Å². The fourth-order valence-corrected chi connectivity index (χ4v) is 3.54. The Balaban J connectivity index is 1.84. The molecule has 1 aliphatic heterocycles. The fraction of sp³-hybridized carbons (Fsp3) is 0.421. The lowest BCUT2D eigenvalue weighted by atomic mass is 9.80. The van der Waals surface area contributed by atoms with Crippen molar-refractivity contribution in [3.05, 3.63) is 53.9 Å². The summed E-state index contributed by atoms with van der Waals surface area (Å²) in [7, 11) is 1.49. The number of hydrogen-bond acceptors (Lipinski definition) is 4. The van der Waals surface area contributed by atoms with Gasteiger partial charge in [-0.25, -0.2) is 0 Å². The first kappa shape index (κ1) is 18.1. The predicted octanol–water partition coefficient (Wildman–Crippen LogP) is 1.88. The first-order valence-electron chi connectivity index (χ1n) is 8.63. The molecule has 0 saturated carbocycles. The van der Waals surface area contributed by atoms with E-state index in [1.807, 2.05) is 30.5 Å². The molecule has 3 rings (SSSR count). The normalized spacial score (nSPS) is 20.1. The fourth-order valence-electron chi connectivity index (χ4n) is 3.54. The topological polar surface area (TPSA) is 84.7 Å². The lowest BCUT2D eigenvalue weighted by Crippen LogP contribution is -2.52. The highest BCUT2D eigenvalue weighted by atomic mass is 16.5. The summed E-state index contributed by atoms with van der Waals surface area (Å²) in [6, 6.07) is 9.23. The molecule has 0 bridgehead atoms. The number of aromatic nitrogens is 2. The zero-order valence-electron chi connectivity index (χ0n) is 14.8. The van der Waals surface area contributed by atoms with E-state index in [0.29, 0.717) is 31.5 Å². The van der Waals surface area contributed by atoms with Gasteiger partial charge in [-0.1, -0.05) is 18.2 Å². The smallest absolute Gasteiger partial charge is 0.313 e. The highest BCUT2D eigenvalue weighted by Crippen LogP contribution is 2.32. The quantitative estimate of drug-likeness (QED) is 0.853. The molecule has 1 aliphatic rings. The molecule has 1 fully saturated rings. The highest BCUT2D eigenvalue weighted by Gasteiger charge is 2.44. The molecule has 0 radical (unpaired) electrons. The van der Waals surface area contributed by atoms with Gasteiger partial charge in [0.05, 0.1) is 13.2 Å². The molecule has 26 heavy (non-hydrogen) atoms. The van der Waals surface area contributed by atoms with Crippen LogP contribution >= 0.6 is 0 Å². The largest absolute Gasteiger partial charge is 0.481 e. The van der Waals surface area contributed by atoms with Crippen molar-refractivity contribution in [2.24, 2.45) is 5.41 Å². The zero-order chi connectivity index (χ0) is 18.6. The number of amides is 1. The monoisotopic (exact) mass is 357 g/mol. The minimum absolute atomic E-state index is 0.0983. The van der Waals surface area contributed by atoms with Gasteiger partial charge in [-0.05, 0) is 30.5 Å². The van der Waals surface area contributed by atoms with E-state index >= 15 is 0 Å². The Morgan fingerprint density at radius 2 is 2.12 bits per heavy atom. The Hall–Kier alpha value is -2.67. The third-order valence-corrected chi connectivity index (χ3v) is 4.88. The number of methoxy groups -OCH3 is 1. The second-order valence-corrected chi connectivity index (χ2v) is 6.71. The van der Waals surface area contributed by atoms with Crippen LogP contribution in [0.1, 0.15) is 28.8 Å². The van der Waals surface area contributed by atoms with Gasteiger partial charge in [0.1, 0.15) is 5.41 Å². The molecule has 7 heteroatoms. The number of carboxylic acid groups (broad SMARTS) is 1. The summed E-state index contributed by atoms with van der Waals surface area (Å²) in [6.07, 6.45) is 4.69. The van der Waals surface area contributed by atoms with Crippen molar-refractivity contribution < 1.29 is 19.4 Å². The number of nitrogens with zero attached hydrogens (tertiary/aromatic N) is 3. The molecule has 138 valence electrons. The lowest BCUT2D eigenvalue weighted by Gasteiger charge is -2.39. The molecule has 2 aromatic rings. The molecule has 0 spiro atoms. The molecular formula is C19H23N3O4. The van der Waals surface area contributed by atoms with E-state index in [-0.39, 0.29) is 19.1 Å². The average Bonchev–Trinajstić information content (AvgIpc) is 3.15. The third-order valence-electron chi connectivity index (χ3n) is 4.88.